The van der Waals surface area contributed by atoms with Crippen LogP contribution >= 0.6 is 0 Å². The second-order valence-electron chi connectivity index (χ2n) is 4.87. The summed E-state index contributed by atoms with van der Waals surface area (Å²) >= 11 is 0. The second-order valence-corrected chi connectivity index (χ2v) is 4.87. The molecule has 1 saturated heterocycles. The number of benzene rings is 1. The molecule has 0 bridgehead atoms. The highest BCUT2D eigenvalue weighted by Crippen LogP contribution is 2.31. The van der Waals surface area contributed by atoms with Gasteiger partial charge in [0, 0.05) is 13.7 Å². The van der Waals surface area contributed by atoms with Gasteiger partial charge in [0.2, 0.25) is 0 Å². The molecule has 0 aromatic heterocycles. The Kier molecular flexibility index (Phi) is 5.35. The zero-order valence-electron chi connectivity index (χ0n) is 11.7. The molecule has 1 aliphatic rings. The molecular weight excluding hydrogens is 261 g/mol. The van der Waals surface area contributed by atoms with E-state index in [2.05, 4.69) is 0 Å². The van der Waals surface area contributed by atoms with Crippen LogP contribution in [0.1, 0.15) is 30.9 Å². The summed E-state index contributed by atoms with van der Waals surface area (Å²) in [6, 6.07) is 6.33. The number of rotatable bonds is 4. The maximum atomic E-state index is 13.3. The molecule has 1 aliphatic heterocycles. The molecule has 110 valence electrons. The molecule has 1 heterocycles. The van der Waals surface area contributed by atoms with Crippen LogP contribution in [0.25, 0.3) is 0 Å². The fraction of sp³-hybridized carbons (Fsp3) is 0.533. The first-order chi connectivity index (χ1) is 9.72. The summed E-state index contributed by atoms with van der Waals surface area (Å²) in [6.45, 7) is 1.26. The van der Waals surface area contributed by atoms with Crippen LogP contribution in [0.15, 0.2) is 24.3 Å². The topological polar surface area (TPSA) is 38.8 Å². The monoisotopic (exact) mass is 281 g/mol. The van der Waals surface area contributed by atoms with Crippen molar-refractivity contribution in [3.05, 3.63) is 35.6 Å². The van der Waals surface area contributed by atoms with Gasteiger partial charge in [-0.15, -0.1) is 0 Å². The molecule has 0 radical (unpaired) electrons. The molecule has 4 nitrogen and oxygen atoms in total. The number of nitrogens with zero attached hydrogens (tertiary/aromatic N) is 1. The SMILES string of the molecule is COCCOC(=O)N1CCCC[C@H]1c1cccc(F)c1. The number of ether oxygens (including phenoxy) is 2. The second kappa shape index (κ2) is 7.24. The minimum Gasteiger partial charge on any atom is -0.447 e. The third-order valence-corrected chi connectivity index (χ3v) is 3.48. The third kappa shape index (κ3) is 3.70. The van der Waals surface area contributed by atoms with E-state index in [9.17, 15) is 9.18 Å². The standard InChI is InChI=1S/C15H20FNO3/c1-19-9-10-20-15(18)17-8-3-2-7-14(17)12-5-4-6-13(16)11-12/h4-6,11,14H,2-3,7-10H2,1H3/t14-/m0/s1. The molecule has 20 heavy (non-hydrogen) atoms. The van der Waals surface area contributed by atoms with E-state index in [4.69, 9.17) is 9.47 Å². The summed E-state index contributed by atoms with van der Waals surface area (Å²) in [6.07, 6.45) is 2.47. The molecular formula is C15H20FNO3. The van der Waals surface area contributed by atoms with Crippen molar-refractivity contribution >= 4 is 6.09 Å². The van der Waals surface area contributed by atoms with Crippen LogP contribution < -0.4 is 0 Å². The van der Waals surface area contributed by atoms with Crippen LogP contribution in [0, 0.1) is 5.82 Å². The Balaban J connectivity index is 2.07. The van der Waals surface area contributed by atoms with Crippen molar-refractivity contribution in [2.75, 3.05) is 26.9 Å². The van der Waals surface area contributed by atoms with Gasteiger partial charge in [0.25, 0.3) is 0 Å². The summed E-state index contributed by atoms with van der Waals surface area (Å²) in [5.74, 6) is -0.277. The molecule has 1 aromatic carbocycles. The van der Waals surface area contributed by atoms with Gasteiger partial charge in [-0.05, 0) is 37.0 Å². The van der Waals surface area contributed by atoms with Gasteiger partial charge < -0.3 is 14.4 Å². The number of piperidine rings is 1. The van der Waals surface area contributed by atoms with E-state index < -0.39 is 0 Å². The van der Waals surface area contributed by atoms with Gasteiger partial charge in [0.15, 0.2) is 0 Å². The van der Waals surface area contributed by atoms with E-state index >= 15 is 0 Å². The number of methoxy groups -OCH3 is 1. The van der Waals surface area contributed by atoms with Crippen molar-refractivity contribution in [1.82, 2.24) is 4.90 Å². The molecule has 0 unspecified atom stereocenters. The zero-order valence-corrected chi connectivity index (χ0v) is 11.7. The Morgan fingerprint density at radius 1 is 1.40 bits per heavy atom. The average Bonchev–Trinajstić information content (AvgIpc) is 2.47. The molecule has 5 heteroatoms. The summed E-state index contributed by atoms with van der Waals surface area (Å²) < 4.78 is 23.4. The van der Waals surface area contributed by atoms with E-state index in [1.54, 1.807) is 18.1 Å². The summed E-state index contributed by atoms with van der Waals surface area (Å²) in [5.41, 5.74) is 0.827. The molecule has 1 amide bonds. The third-order valence-electron chi connectivity index (χ3n) is 3.48. The Labute approximate surface area is 118 Å². The Bertz CT molecular complexity index is 452. The summed E-state index contributed by atoms with van der Waals surface area (Å²) in [4.78, 5) is 13.8. The lowest BCUT2D eigenvalue weighted by Crippen LogP contribution is -2.39. The van der Waals surface area contributed by atoms with Crippen molar-refractivity contribution in [2.45, 2.75) is 25.3 Å². The number of likely N-dealkylation sites (tertiary alicyclic amines) is 1. The van der Waals surface area contributed by atoms with E-state index in [-0.39, 0.29) is 24.6 Å². The van der Waals surface area contributed by atoms with Crippen molar-refractivity contribution < 1.29 is 18.7 Å². The lowest BCUT2D eigenvalue weighted by Gasteiger charge is -2.35. The van der Waals surface area contributed by atoms with Crippen molar-refractivity contribution in [1.29, 1.82) is 0 Å². The van der Waals surface area contributed by atoms with E-state index in [1.807, 2.05) is 6.07 Å². The Morgan fingerprint density at radius 3 is 3.00 bits per heavy atom. The van der Waals surface area contributed by atoms with E-state index in [0.29, 0.717) is 13.2 Å². The highest BCUT2D eigenvalue weighted by Gasteiger charge is 2.29. The van der Waals surface area contributed by atoms with E-state index in [1.165, 1.54) is 12.1 Å². The molecule has 0 saturated carbocycles. The smallest absolute Gasteiger partial charge is 0.410 e. The summed E-state index contributed by atoms with van der Waals surface area (Å²) in [5, 5.41) is 0. The average molecular weight is 281 g/mol. The van der Waals surface area contributed by atoms with Gasteiger partial charge in [-0.25, -0.2) is 9.18 Å². The maximum Gasteiger partial charge on any atom is 0.410 e. The fourth-order valence-electron chi connectivity index (χ4n) is 2.51. The molecule has 0 spiro atoms. The van der Waals surface area contributed by atoms with Crippen molar-refractivity contribution in [3.63, 3.8) is 0 Å². The predicted molar refractivity (Wildman–Crippen MR) is 72.9 cm³/mol. The highest BCUT2D eigenvalue weighted by molar-refractivity contribution is 5.68. The predicted octanol–water partition coefficient (Wildman–Crippen LogP) is 3.14. The lowest BCUT2D eigenvalue weighted by atomic mass is 9.95. The van der Waals surface area contributed by atoms with Gasteiger partial charge in [-0.3, -0.25) is 0 Å². The number of carbonyl (C=O) groups excluding carboxylic acids is 1. The van der Waals surface area contributed by atoms with Crippen LogP contribution in [0.3, 0.4) is 0 Å². The van der Waals surface area contributed by atoms with Crippen LogP contribution in [-0.4, -0.2) is 37.9 Å². The Hall–Kier alpha value is -1.62. The van der Waals surface area contributed by atoms with Crippen molar-refractivity contribution in [2.24, 2.45) is 0 Å². The number of hydrogen-bond donors (Lipinski definition) is 0. The van der Waals surface area contributed by atoms with Gasteiger partial charge in [0.1, 0.15) is 12.4 Å². The van der Waals surface area contributed by atoms with Crippen LogP contribution in [0.4, 0.5) is 9.18 Å². The molecule has 2 rings (SSSR count). The van der Waals surface area contributed by atoms with Gasteiger partial charge in [-0.1, -0.05) is 12.1 Å². The largest absolute Gasteiger partial charge is 0.447 e. The van der Waals surface area contributed by atoms with Gasteiger partial charge in [-0.2, -0.15) is 0 Å². The van der Waals surface area contributed by atoms with Crippen LogP contribution in [-0.2, 0) is 9.47 Å². The molecule has 0 N–H and O–H groups in total. The number of hydrogen-bond acceptors (Lipinski definition) is 3. The van der Waals surface area contributed by atoms with Crippen LogP contribution in [0.2, 0.25) is 0 Å². The molecule has 1 aromatic rings. The van der Waals surface area contributed by atoms with Gasteiger partial charge >= 0.3 is 6.09 Å². The first-order valence-corrected chi connectivity index (χ1v) is 6.90. The van der Waals surface area contributed by atoms with Crippen molar-refractivity contribution in [3.8, 4) is 0 Å². The number of carbonyl (C=O) groups is 1. The highest BCUT2D eigenvalue weighted by atomic mass is 19.1. The summed E-state index contributed by atoms with van der Waals surface area (Å²) in [7, 11) is 1.56. The zero-order chi connectivity index (χ0) is 14.4. The molecule has 0 aliphatic carbocycles. The first kappa shape index (κ1) is 14.8. The van der Waals surface area contributed by atoms with Crippen LogP contribution in [0.5, 0.6) is 0 Å². The fourth-order valence-corrected chi connectivity index (χ4v) is 2.51. The van der Waals surface area contributed by atoms with E-state index in [0.717, 1.165) is 24.8 Å². The normalized spacial score (nSPS) is 18.9. The minimum atomic E-state index is -0.351. The number of amides is 1. The molecule has 1 atom stereocenters. The number of halogens is 1. The quantitative estimate of drug-likeness (QED) is 0.796. The minimum absolute atomic E-state index is 0.102. The van der Waals surface area contributed by atoms with Gasteiger partial charge in [0.05, 0.1) is 12.6 Å². The maximum absolute atomic E-state index is 13.3. The lowest BCUT2D eigenvalue weighted by molar-refractivity contribution is 0.0522. The first-order valence-electron chi connectivity index (χ1n) is 6.90. The Morgan fingerprint density at radius 2 is 2.25 bits per heavy atom. The molecule has 1 fully saturated rings.